The van der Waals surface area contributed by atoms with E-state index < -0.39 is 0 Å². The number of hydrogen-bond donors (Lipinski definition) is 0. The Kier molecular flexibility index (Phi) is 4.29. The first-order valence-corrected chi connectivity index (χ1v) is 7.44. The van der Waals surface area contributed by atoms with Crippen molar-refractivity contribution in [2.45, 2.75) is 5.92 Å². The van der Waals surface area contributed by atoms with Crippen molar-refractivity contribution in [2.75, 3.05) is 14.2 Å². The molecule has 1 aliphatic rings. The molecule has 2 nitrogen and oxygen atoms in total. The molecule has 0 atom stereocenters. The first-order valence-electron chi connectivity index (χ1n) is 7.44. The lowest BCUT2D eigenvalue weighted by Crippen LogP contribution is -2.10. The predicted octanol–water partition coefficient (Wildman–Crippen LogP) is 4.58. The zero-order valence-electron chi connectivity index (χ0n) is 12.9. The van der Waals surface area contributed by atoms with Crippen LogP contribution in [0.2, 0.25) is 0 Å². The topological polar surface area (TPSA) is 18.5 Å². The van der Waals surface area contributed by atoms with Gasteiger partial charge < -0.3 is 9.47 Å². The van der Waals surface area contributed by atoms with Gasteiger partial charge in [-0.3, -0.25) is 0 Å². The first kappa shape index (κ1) is 14.5. The highest BCUT2D eigenvalue weighted by Gasteiger charge is 2.23. The van der Waals surface area contributed by atoms with Crippen LogP contribution in [-0.2, 0) is 0 Å². The van der Waals surface area contributed by atoms with E-state index in [-0.39, 0.29) is 5.92 Å². The SMILES string of the molecule is COc1cccc(C(c2cccc(OC)c2)C2C=CC=C2)c1. The molecule has 0 aromatic heterocycles. The van der Waals surface area contributed by atoms with E-state index in [1.54, 1.807) is 14.2 Å². The minimum Gasteiger partial charge on any atom is -0.497 e. The average molecular weight is 292 g/mol. The van der Waals surface area contributed by atoms with Crippen LogP contribution in [0.5, 0.6) is 11.5 Å². The molecular formula is C20H20O2. The van der Waals surface area contributed by atoms with Crippen molar-refractivity contribution in [3.05, 3.63) is 84.0 Å². The molecule has 0 N–H and O–H groups in total. The molecule has 0 saturated heterocycles. The summed E-state index contributed by atoms with van der Waals surface area (Å²) >= 11 is 0. The first-order chi connectivity index (χ1) is 10.8. The van der Waals surface area contributed by atoms with Gasteiger partial charge in [0.25, 0.3) is 0 Å². The standard InChI is InChI=1S/C20H20O2/c1-21-18-11-5-9-16(13-18)20(15-7-3-4-8-15)17-10-6-12-19(14-17)22-2/h3-15,20H,1-2H3. The zero-order chi connectivity index (χ0) is 15.4. The lowest BCUT2D eigenvalue weighted by atomic mass is 9.81. The van der Waals surface area contributed by atoms with E-state index in [0.717, 1.165) is 11.5 Å². The second-order valence-electron chi connectivity index (χ2n) is 5.38. The van der Waals surface area contributed by atoms with Crippen LogP contribution in [0.1, 0.15) is 17.0 Å². The molecule has 2 aromatic rings. The average Bonchev–Trinajstić information content (AvgIpc) is 3.09. The van der Waals surface area contributed by atoms with Crippen molar-refractivity contribution >= 4 is 0 Å². The summed E-state index contributed by atoms with van der Waals surface area (Å²) < 4.78 is 10.8. The summed E-state index contributed by atoms with van der Waals surface area (Å²) in [6, 6.07) is 16.6. The Bertz CT molecular complexity index is 641. The number of rotatable bonds is 5. The van der Waals surface area contributed by atoms with E-state index in [1.165, 1.54) is 11.1 Å². The monoisotopic (exact) mass is 292 g/mol. The van der Waals surface area contributed by atoms with Crippen LogP contribution in [0.3, 0.4) is 0 Å². The van der Waals surface area contributed by atoms with E-state index in [1.807, 2.05) is 24.3 Å². The largest absolute Gasteiger partial charge is 0.497 e. The molecule has 0 bridgehead atoms. The van der Waals surface area contributed by atoms with E-state index >= 15 is 0 Å². The van der Waals surface area contributed by atoms with Crippen LogP contribution in [0, 0.1) is 5.92 Å². The Balaban J connectivity index is 2.06. The van der Waals surface area contributed by atoms with Gasteiger partial charge in [-0.2, -0.15) is 0 Å². The third kappa shape index (κ3) is 2.91. The summed E-state index contributed by atoms with van der Waals surface area (Å²) in [7, 11) is 3.41. The molecule has 2 aromatic carbocycles. The molecule has 2 heteroatoms. The Hall–Kier alpha value is -2.48. The second kappa shape index (κ2) is 6.52. The molecule has 0 unspecified atom stereocenters. The summed E-state index contributed by atoms with van der Waals surface area (Å²) in [6.07, 6.45) is 8.70. The summed E-state index contributed by atoms with van der Waals surface area (Å²) in [5.41, 5.74) is 2.49. The third-order valence-corrected chi connectivity index (χ3v) is 4.07. The van der Waals surface area contributed by atoms with Crippen molar-refractivity contribution in [3.8, 4) is 11.5 Å². The fourth-order valence-corrected chi connectivity index (χ4v) is 2.98. The minimum atomic E-state index is 0.250. The molecule has 0 heterocycles. The van der Waals surface area contributed by atoms with Gasteiger partial charge in [-0.05, 0) is 35.4 Å². The van der Waals surface area contributed by atoms with Gasteiger partial charge in [0.1, 0.15) is 11.5 Å². The summed E-state index contributed by atoms with van der Waals surface area (Å²) in [6.45, 7) is 0. The lowest BCUT2D eigenvalue weighted by molar-refractivity contribution is 0.412. The number of methoxy groups -OCH3 is 2. The van der Waals surface area contributed by atoms with Crippen molar-refractivity contribution < 1.29 is 9.47 Å². The number of hydrogen-bond acceptors (Lipinski definition) is 2. The van der Waals surface area contributed by atoms with Crippen LogP contribution >= 0.6 is 0 Å². The van der Waals surface area contributed by atoms with Crippen molar-refractivity contribution in [1.29, 1.82) is 0 Å². The van der Waals surface area contributed by atoms with Gasteiger partial charge in [0.05, 0.1) is 14.2 Å². The Morgan fingerprint density at radius 1 is 0.773 bits per heavy atom. The Labute approximate surface area is 131 Å². The van der Waals surface area contributed by atoms with Gasteiger partial charge in [-0.1, -0.05) is 48.6 Å². The van der Waals surface area contributed by atoms with Crippen molar-refractivity contribution in [1.82, 2.24) is 0 Å². The molecular weight excluding hydrogens is 272 g/mol. The van der Waals surface area contributed by atoms with Crippen LogP contribution in [0.25, 0.3) is 0 Å². The molecule has 0 radical (unpaired) electrons. The van der Waals surface area contributed by atoms with Crippen LogP contribution in [0.15, 0.2) is 72.8 Å². The fraction of sp³-hybridized carbons (Fsp3) is 0.200. The lowest BCUT2D eigenvalue weighted by Gasteiger charge is -2.23. The van der Waals surface area contributed by atoms with Gasteiger partial charge >= 0.3 is 0 Å². The maximum atomic E-state index is 5.39. The molecule has 0 fully saturated rings. The van der Waals surface area contributed by atoms with Gasteiger partial charge in [0.2, 0.25) is 0 Å². The second-order valence-corrected chi connectivity index (χ2v) is 5.38. The Morgan fingerprint density at radius 3 is 1.73 bits per heavy atom. The fourth-order valence-electron chi connectivity index (χ4n) is 2.98. The third-order valence-electron chi connectivity index (χ3n) is 4.07. The number of allylic oxidation sites excluding steroid dienone is 4. The van der Waals surface area contributed by atoms with Crippen molar-refractivity contribution in [2.24, 2.45) is 5.92 Å². The van der Waals surface area contributed by atoms with Gasteiger partial charge in [-0.25, -0.2) is 0 Å². The van der Waals surface area contributed by atoms with Crippen LogP contribution < -0.4 is 9.47 Å². The van der Waals surface area contributed by atoms with E-state index in [2.05, 4.69) is 48.6 Å². The number of benzene rings is 2. The summed E-state index contributed by atoms with van der Waals surface area (Å²) in [4.78, 5) is 0. The molecule has 22 heavy (non-hydrogen) atoms. The highest BCUT2D eigenvalue weighted by molar-refractivity contribution is 5.43. The smallest absolute Gasteiger partial charge is 0.119 e. The highest BCUT2D eigenvalue weighted by Crippen LogP contribution is 2.37. The highest BCUT2D eigenvalue weighted by atomic mass is 16.5. The van der Waals surface area contributed by atoms with Gasteiger partial charge in [0.15, 0.2) is 0 Å². The molecule has 112 valence electrons. The van der Waals surface area contributed by atoms with Crippen LogP contribution in [-0.4, -0.2) is 14.2 Å². The van der Waals surface area contributed by atoms with Gasteiger partial charge in [-0.15, -0.1) is 0 Å². The molecule has 0 amide bonds. The molecule has 0 spiro atoms. The van der Waals surface area contributed by atoms with E-state index in [4.69, 9.17) is 9.47 Å². The van der Waals surface area contributed by atoms with E-state index in [0.29, 0.717) is 5.92 Å². The van der Waals surface area contributed by atoms with E-state index in [9.17, 15) is 0 Å². The predicted molar refractivity (Wildman–Crippen MR) is 89.6 cm³/mol. The minimum absolute atomic E-state index is 0.250. The molecule has 3 rings (SSSR count). The number of ether oxygens (including phenoxy) is 2. The molecule has 0 aliphatic heterocycles. The maximum absolute atomic E-state index is 5.39. The summed E-state index contributed by atoms with van der Waals surface area (Å²) in [5, 5.41) is 0. The summed E-state index contributed by atoms with van der Waals surface area (Å²) in [5.74, 6) is 2.37. The molecule has 0 saturated carbocycles. The van der Waals surface area contributed by atoms with Crippen LogP contribution in [0.4, 0.5) is 0 Å². The zero-order valence-corrected chi connectivity index (χ0v) is 12.9. The molecule has 1 aliphatic carbocycles. The maximum Gasteiger partial charge on any atom is 0.119 e. The van der Waals surface area contributed by atoms with Crippen molar-refractivity contribution in [3.63, 3.8) is 0 Å². The quantitative estimate of drug-likeness (QED) is 0.803. The normalized spacial score (nSPS) is 13.8. The Morgan fingerprint density at radius 2 is 1.27 bits per heavy atom. The van der Waals surface area contributed by atoms with Gasteiger partial charge in [0, 0.05) is 11.8 Å².